The quantitative estimate of drug-likeness (QED) is 0.659. The lowest BCUT2D eigenvalue weighted by Gasteiger charge is -2.27. The molecule has 3 heterocycles. The number of furan rings is 1. The van der Waals surface area contributed by atoms with Gasteiger partial charge in [-0.15, -0.1) is 0 Å². The van der Waals surface area contributed by atoms with E-state index in [1.807, 2.05) is 0 Å². The Kier molecular flexibility index (Phi) is 5.92. The number of sulfone groups is 1. The van der Waals surface area contributed by atoms with Gasteiger partial charge in [-0.25, -0.2) is 8.42 Å². The summed E-state index contributed by atoms with van der Waals surface area (Å²) < 4.78 is 36.2. The first-order valence-corrected chi connectivity index (χ1v) is 11.7. The normalized spacial score (nSPS) is 21.7. The Bertz CT molecular complexity index is 1070. The van der Waals surface area contributed by atoms with Crippen molar-refractivity contribution in [2.75, 3.05) is 18.9 Å². The molecule has 10 heteroatoms. The van der Waals surface area contributed by atoms with Gasteiger partial charge < -0.3 is 19.4 Å². The van der Waals surface area contributed by atoms with Gasteiger partial charge in [-0.2, -0.15) is 0 Å². The molecule has 2 aliphatic heterocycles. The Balaban J connectivity index is 1.56. The van der Waals surface area contributed by atoms with E-state index in [1.165, 1.54) is 23.3 Å². The molecule has 0 radical (unpaired) electrons. The average Bonchev–Trinajstić information content (AvgIpc) is 3.47. The predicted octanol–water partition coefficient (Wildman–Crippen LogP) is 0.562. The molecule has 31 heavy (non-hydrogen) atoms. The van der Waals surface area contributed by atoms with Gasteiger partial charge in [-0.1, -0.05) is 30.3 Å². The van der Waals surface area contributed by atoms with E-state index in [2.05, 4.69) is 5.32 Å². The smallest absolute Gasteiger partial charge is 0.287 e. The first-order chi connectivity index (χ1) is 14.8. The number of hydrogen-bond acceptors (Lipinski definition) is 7. The number of carbonyl (C=O) groups is 3. The van der Waals surface area contributed by atoms with Crippen molar-refractivity contribution in [2.45, 2.75) is 30.4 Å². The van der Waals surface area contributed by atoms with E-state index < -0.39 is 39.5 Å². The van der Waals surface area contributed by atoms with E-state index in [-0.39, 0.29) is 36.6 Å². The van der Waals surface area contributed by atoms with Crippen molar-refractivity contribution in [1.82, 2.24) is 10.2 Å². The number of ketones is 1. The van der Waals surface area contributed by atoms with Crippen LogP contribution in [0.3, 0.4) is 0 Å². The van der Waals surface area contributed by atoms with Crippen LogP contribution in [0.2, 0.25) is 0 Å². The molecule has 0 saturated carbocycles. The van der Waals surface area contributed by atoms with E-state index in [0.717, 1.165) is 0 Å². The van der Waals surface area contributed by atoms with Crippen LogP contribution in [0.15, 0.2) is 53.1 Å². The number of carbonyl (C=O) groups excluding carboxylic acids is 3. The molecule has 1 aromatic heterocycles. The Labute approximate surface area is 179 Å². The van der Waals surface area contributed by atoms with Crippen LogP contribution < -0.4 is 5.32 Å². The second kappa shape index (κ2) is 8.64. The fraction of sp³-hybridized carbons (Fsp3) is 0.381. The number of rotatable bonds is 7. The third-order valence-corrected chi connectivity index (χ3v) is 7.01. The molecule has 2 saturated heterocycles. The van der Waals surface area contributed by atoms with Gasteiger partial charge in [-0.05, 0) is 24.1 Å². The van der Waals surface area contributed by atoms with Crippen molar-refractivity contribution in [1.29, 1.82) is 0 Å². The zero-order chi connectivity index (χ0) is 22.0. The molecule has 1 aromatic carbocycles. The molecule has 4 rings (SSSR count). The molecule has 2 aliphatic rings. The van der Waals surface area contributed by atoms with Crippen molar-refractivity contribution in [3.8, 4) is 0 Å². The van der Waals surface area contributed by atoms with Gasteiger partial charge in [0.15, 0.2) is 21.4 Å². The summed E-state index contributed by atoms with van der Waals surface area (Å²) in [4.78, 5) is 39.3. The largest absolute Gasteiger partial charge is 0.459 e. The van der Waals surface area contributed by atoms with E-state index in [0.29, 0.717) is 12.0 Å². The lowest BCUT2D eigenvalue weighted by molar-refractivity contribution is -0.137. The molecule has 2 fully saturated rings. The SMILES string of the molecule is O=C(NC(CS(=O)(=O)Cc1ccccc1)C(=O)N1CCC2OCC(=O)C21)c1ccco1. The van der Waals surface area contributed by atoms with Crippen LogP contribution in [0.25, 0.3) is 0 Å². The van der Waals surface area contributed by atoms with Crippen LogP contribution >= 0.6 is 0 Å². The summed E-state index contributed by atoms with van der Waals surface area (Å²) in [6.45, 7) is 0.181. The Morgan fingerprint density at radius 3 is 2.65 bits per heavy atom. The Morgan fingerprint density at radius 2 is 1.94 bits per heavy atom. The van der Waals surface area contributed by atoms with Crippen molar-refractivity contribution in [2.24, 2.45) is 0 Å². The molecule has 0 bridgehead atoms. The fourth-order valence-corrected chi connectivity index (χ4v) is 5.55. The number of ether oxygens (including phenoxy) is 1. The standard InChI is InChI=1S/C21H22N2O7S/c24-16-11-30-17-8-9-23(19(16)17)21(26)15(22-20(25)18-7-4-10-29-18)13-31(27,28)12-14-5-2-1-3-6-14/h1-7,10,15,17,19H,8-9,11-13H2,(H,22,25). The molecular weight excluding hydrogens is 424 g/mol. The van der Waals surface area contributed by atoms with E-state index >= 15 is 0 Å². The maximum absolute atomic E-state index is 13.3. The van der Waals surface area contributed by atoms with Gasteiger partial charge in [-0.3, -0.25) is 14.4 Å². The highest BCUT2D eigenvalue weighted by Crippen LogP contribution is 2.27. The Morgan fingerprint density at radius 1 is 1.16 bits per heavy atom. The maximum Gasteiger partial charge on any atom is 0.287 e. The average molecular weight is 446 g/mol. The minimum atomic E-state index is -3.77. The molecule has 164 valence electrons. The highest BCUT2D eigenvalue weighted by atomic mass is 32.2. The van der Waals surface area contributed by atoms with Crippen molar-refractivity contribution < 1.29 is 32.0 Å². The molecule has 9 nitrogen and oxygen atoms in total. The van der Waals surface area contributed by atoms with Gasteiger partial charge >= 0.3 is 0 Å². The summed E-state index contributed by atoms with van der Waals surface area (Å²) in [5.41, 5.74) is 0.576. The summed E-state index contributed by atoms with van der Waals surface area (Å²) in [5, 5.41) is 2.48. The summed E-state index contributed by atoms with van der Waals surface area (Å²) in [5.74, 6) is -2.47. The number of nitrogens with zero attached hydrogens (tertiary/aromatic N) is 1. The first-order valence-electron chi connectivity index (χ1n) is 9.87. The van der Waals surface area contributed by atoms with Gasteiger partial charge in [0.25, 0.3) is 5.91 Å². The van der Waals surface area contributed by atoms with Gasteiger partial charge in [0.1, 0.15) is 18.7 Å². The highest BCUT2D eigenvalue weighted by molar-refractivity contribution is 7.90. The van der Waals surface area contributed by atoms with E-state index in [4.69, 9.17) is 9.15 Å². The molecular formula is C21H22N2O7S. The molecule has 3 atom stereocenters. The zero-order valence-electron chi connectivity index (χ0n) is 16.6. The second-order valence-electron chi connectivity index (χ2n) is 7.62. The zero-order valence-corrected chi connectivity index (χ0v) is 17.4. The predicted molar refractivity (Wildman–Crippen MR) is 109 cm³/mol. The third kappa shape index (κ3) is 4.70. The summed E-state index contributed by atoms with van der Waals surface area (Å²) >= 11 is 0. The maximum atomic E-state index is 13.3. The first kappa shape index (κ1) is 21.3. The number of likely N-dealkylation sites (tertiary alicyclic amines) is 1. The topological polar surface area (TPSA) is 123 Å². The number of fused-ring (bicyclic) bond motifs is 1. The van der Waals surface area contributed by atoms with Crippen molar-refractivity contribution in [3.05, 3.63) is 60.1 Å². The van der Waals surface area contributed by atoms with Crippen LogP contribution in [0.5, 0.6) is 0 Å². The number of benzene rings is 1. The lowest BCUT2D eigenvalue weighted by Crippen LogP contribution is -2.54. The van der Waals surface area contributed by atoms with Crippen LogP contribution in [0.1, 0.15) is 22.5 Å². The van der Waals surface area contributed by atoms with Gasteiger partial charge in [0.2, 0.25) is 5.91 Å². The summed E-state index contributed by atoms with van der Waals surface area (Å²) in [6.07, 6.45) is 1.40. The fourth-order valence-electron chi connectivity index (χ4n) is 3.99. The van der Waals surface area contributed by atoms with Crippen LogP contribution in [-0.2, 0) is 29.9 Å². The van der Waals surface area contributed by atoms with Crippen molar-refractivity contribution in [3.63, 3.8) is 0 Å². The summed E-state index contributed by atoms with van der Waals surface area (Å²) in [6, 6.07) is 9.39. The van der Waals surface area contributed by atoms with E-state index in [1.54, 1.807) is 30.3 Å². The molecule has 0 aliphatic carbocycles. The molecule has 2 aromatic rings. The molecule has 3 unspecified atom stereocenters. The summed E-state index contributed by atoms with van der Waals surface area (Å²) in [7, 11) is -3.77. The lowest BCUT2D eigenvalue weighted by atomic mass is 10.1. The van der Waals surface area contributed by atoms with Crippen molar-refractivity contribution >= 4 is 27.4 Å². The number of nitrogens with one attached hydrogen (secondary N) is 1. The number of Topliss-reactive ketones (excluding diaryl/α,β-unsaturated/α-hetero) is 1. The highest BCUT2D eigenvalue weighted by Gasteiger charge is 2.48. The molecule has 0 spiro atoms. The van der Waals surface area contributed by atoms with Crippen LogP contribution in [0.4, 0.5) is 0 Å². The number of hydrogen-bond donors (Lipinski definition) is 1. The minimum Gasteiger partial charge on any atom is -0.459 e. The number of amides is 2. The Hall–Kier alpha value is -2.98. The third-order valence-electron chi connectivity index (χ3n) is 5.39. The van der Waals surface area contributed by atoms with Gasteiger partial charge in [0, 0.05) is 6.54 Å². The minimum absolute atomic E-state index is 0.0437. The molecule has 1 N–H and O–H groups in total. The van der Waals surface area contributed by atoms with Crippen LogP contribution in [-0.4, -0.2) is 68.0 Å². The second-order valence-corrected chi connectivity index (χ2v) is 9.73. The van der Waals surface area contributed by atoms with E-state index in [9.17, 15) is 22.8 Å². The molecule has 2 amide bonds. The van der Waals surface area contributed by atoms with Gasteiger partial charge in [0.05, 0.1) is 23.9 Å². The monoisotopic (exact) mass is 446 g/mol. The van der Waals surface area contributed by atoms with Crippen LogP contribution in [0, 0.1) is 0 Å².